The summed E-state index contributed by atoms with van der Waals surface area (Å²) >= 11 is 12.0. The number of likely N-dealkylation sites (tertiary alicyclic amines) is 1. The first-order chi connectivity index (χ1) is 13.8. The Morgan fingerprint density at radius 2 is 2.00 bits per heavy atom. The van der Waals surface area contributed by atoms with Crippen LogP contribution in [0.4, 0.5) is 5.69 Å². The average Bonchev–Trinajstić information content (AvgIpc) is 2.63. The molecule has 1 aliphatic heterocycles. The predicted octanol–water partition coefficient (Wildman–Crippen LogP) is 3.02. The van der Waals surface area contributed by atoms with Crippen LogP contribution in [0.1, 0.15) is 26.7 Å². The number of nitrogens with one attached hydrogen (secondary N) is 5. The Kier molecular flexibility index (Phi) is 8.92. The lowest BCUT2D eigenvalue weighted by atomic mass is 10.1. The van der Waals surface area contributed by atoms with Gasteiger partial charge >= 0.3 is 0 Å². The van der Waals surface area contributed by atoms with Gasteiger partial charge in [0.25, 0.3) is 0 Å². The third-order valence-electron chi connectivity index (χ3n) is 4.42. The molecule has 1 aromatic rings. The van der Waals surface area contributed by atoms with Crippen LogP contribution in [-0.2, 0) is 4.79 Å². The van der Waals surface area contributed by atoms with Gasteiger partial charge in [-0.3, -0.25) is 10.2 Å². The van der Waals surface area contributed by atoms with E-state index in [4.69, 9.17) is 28.6 Å². The fraction of sp³-hybridized carbons (Fsp3) is 0.500. The number of piperidine rings is 1. The van der Waals surface area contributed by atoms with Gasteiger partial charge in [-0.15, -0.1) is 0 Å². The second-order valence-electron chi connectivity index (χ2n) is 7.36. The predicted molar refractivity (Wildman–Crippen MR) is 121 cm³/mol. The number of benzene rings is 1. The first-order valence-corrected chi connectivity index (χ1v) is 10.5. The number of amides is 1. The quantitative estimate of drug-likeness (QED) is 0.316. The second-order valence-corrected chi connectivity index (χ2v) is 8.23. The lowest BCUT2D eigenvalue weighted by molar-refractivity contribution is -0.120. The molecule has 1 aromatic carbocycles. The summed E-state index contributed by atoms with van der Waals surface area (Å²) in [6, 6.07) is 5.35. The highest BCUT2D eigenvalue weighted by Gasteiger charge is 2.22. The van der Waals surface area contributed by atoms with E-state index in [0.717, 1.165) is 25.2 Å². The van der Waals surface area contributed by atoms with Gasteiger partial charge in [0, 0.05) is 54.0 Å². The largest absolute Gasteiger partial charge is 0.376 e. The number of anilines is 1. The monoisotopic (exact) mass is 440 g/mol. The van der Waals surface area contributed by atoms with E-state index in [9.17, 15) is 4.79 Å². The lowest BCUT2D eigenvalue weighted by Crippen LogP contribution is -2.50. The number of rotatable bonds is 8. The summed E-state index contributed by atoms with van der Waals surface area (Å²) in [6.45, 7) is 5.72. The zero-order valence-electron chi connectivity index (χ0n) is 17.1. The van der Waals surface area contributed by atoms with E-state index in [0.29, 0.717) is 28.1 Å². The molecule has 1 aliphatic rings. The minimum atomic E-state index is -0.0860. The van der Waals surface area contributed by atoms with E-state index in [1.807, 2.05) is 20.9 Å². The summed E-state index contributed by atoms with van der Waals surface area (Å²) in [6.07, 6.45) is 3.67. The Morgan fingerprint density at radius 1 is 1.31 bits per heavy atom. The standard InChI is InChI=1S/C20H30Cl2N6O/c1-13(2)26-18(23)10-19(24-3)28-6-4-5-16(12-28)27-20(29)11-25-17-8-14(21)7-15(22)9-17/h7-10,13,16,24-25H,4-6,11-12H2,1-3H3,(H2,23,26)(H,27,29)/b19-10+/t16-/m1/s1. The number of hydrogen-bond donors (Lipinski definition) is 5. The Hall–Kier alpha value is -2.12. The van der Waals surface area contributed by atoms with Crippen molar-refractivity contribution in [2.24, 2.45) is 0 Å². The SMILES string of the molecule is CN/C(=C\C(=N)NC(C)C)N1CCC[C@@H](NC(=O)CNc2cc(Cl)cc(Cl)c2)C1. The van der Waals surface area contributed by atoms with Crippen molar-refractivity contribution in [1.82, 2.24) is 20.9 Å². The molecule has 1 fully saturated rings. The molecule has 2 rings (SSSR count). The normalized spacial score (nSPS) is 17.1. The molecule has 0 spiro atoms. The van der Waals surface area contributed by atoms with E-state index in [1.54, 1.807) is 24.3 Å². The molecule has 1 heterocycles. The summed E-state index contributed by atoms with van der Waals surface area (Å²) in [4.78, 5) is 14.5. The van der Waals surface area contributed by atoms with Gasteiger partial charge in [-0.25, -0.2) is 0 Å². The van der Waals surface area contributed by atoms with Crippen LogP contribution in [0.15, 0.2) is 30.1 Å². The first-order valence-electron chi connectivity index (χ1n) is 9.75. The molecule has 1 saturated heterocycles. The van der Waals surface area contributed by atoms with Crippen molar-refractivity contribution in [3.05, 3.63) is 40.1 Å². The molecule has 0 radical (unpaired) electrons. The van der Waals surface area contributed by atoms with Crippen molar-refractivity contribution in [2.45, 2.75) is 38.8 Å². The molecule has 9 heteroatoms. The molecule has 1 atom stereocenters. The summed E-state index contributed by atoms with van der Waals surface area (Å²) in [7, 11) is 1.84. The van der Waals surface area contributed by atoms with Crippen LogP contribution in [0.2, 0.25) is 10.0 Å². The van der Waals surface area contributed by atoms with Gasteiger partial charge < -0.3 is 26.2 Å². The third-order valence-corrected chi connectivity index (χ3v) is 4.86. The van der Waals surface area contributed by atoms with E-state index in [2.05, 4.69) is 26.2 Å². The van der Waals surface area contributed by atoms with Crippen LogP contribution in [0.3, 0.4) is 0 Å². The smallest absolute Gasteiger partial charge is 0.239 e. The van der Waals surface area contributed by atoms with Crippen molar-refractivity contribution in [3.63, 3.8) is 0 Å². The number of amidine groups is 1. The van der Waals surface area contributed by atoms with Gasteiger partial charge in [-0.05, 0) is 44.9 Å². The van der Waals surface area contributed by atoms with Crippen molar-refractivity contribution in [3.8, 4) is 0 Å². The fourth-order valence-electron chi connectivity index (χ4n) is 3.24. The molecule has 0 bridgehead atoms. The Labute approximate surface area is 182 Å². The second kappa shape index (κ2) is 11.2. The van der Waals surface area contributed by atoms with Crippen molar-refractivity contribution in [2.75, 3.05) is 32.0 Å². The average molecular weight is 441 g/mol. The molecule has 160 valence electrons. The van der Waals surface area contributed by atoms with Crippen LogP contribution in [-0.4, -0.2) is 55.4 Å². The fourth-order valence-corrected chi connectivity index (χ4v) is 3.77. The number of carbonyl (C=O) groups excluding carboxylic acids is 1. The van der Waals surface area contributed by atoms with Crippen LogP contribution >= 0.6 is 23.2 Å². The summed E-state index contributed by atoms with van der Waals surface area (Å²) in [5.74, 6) is 1.14. The number of halogens is 2. The molecule has 7 nitrogen and oxygen atoms in total. The van der Waals surface area contributed by atoms with Crippen LogP contribution in [0.25, 0.3) is 0 Å². The van der Waals surface area contributed by atoms with E-state index < -0.39 is 0 Å². The van der Waals surface area contributed by atoms with Gasteiger partial charge in [0.05, 0.1) is 6.54 Å². The number of hydrogen-bond acceptors (Lipinski definition) is 5. The van der Waals surface area contributed by atoms with E-state index >= 15 is 0 Å². The van der Waals surface area contributed by atoms with Gasteiger partial charge in [0.1, 0.15) is 11.7 Å². The summed E-state index contributed by atoms with van der Waals surface area (Å²) in [5.41, 5.74) is 0.708. The molecule has 5 N–H and O–H groups in total. The van der Waals surface area contributed by atoms with Crippen LogP contribution in [0.5, 0.6) is 0 Å². The number of nitrogens with zero attached hydrogens (tertiary/aromatic N) is 1. The lowest BCUT2D eigenvalue weighted by Gasteiger charge is -2.36. The maximum atomic E-state index is 12.4. The topological polar surface area (TPSA) is 92.3 Å². The van der Waals surface area contributed by atoms with Crippen molar-refractivity contribution in [1.29, 1.82) is 5.41 Å². The Morgan fingerprint density at radius 3 is 2.62 bits per heavy atom. The minimum Gasteiger partial charge on any atom is -0.376 e. The zero-order valence-corrected chi connectivity index (χ0v) is 18.6. The van der Waals surface area contributed by atoms with Gasteiger partial charge in [-0.1, -0.05) is 23.2 Å². The van der Waals surface area contributed by atoms with Crippen LogP contribution in [0, 0.1) is 5.41 Å². The Bertz CT molecular complexity index is 732. The summed E-state index contributed by atoms with van der Waals surface area (Å²) in [5, 5.41) is 21.5. The molecule has 0 saturated carbocycles. The minimum absolute atomic E-state index is 0.0463. The van der Waals surface area contributed by atoms with Crippen LogP contribution < -0.4 is 21.3 Å². The van der Waals surface area contributed by atoms with E-state index in [-0.39, 0.29) is 24.5 Å². The highest BCUT2D eigenvalue weighted by atomic mass is 35.5. The van der Waals surface area contributed by atoms with Gasteiger partial charge in [0.2, 0.25) is 5.91 Å². The van der Waals surface area contributed by atoms with Crippen molar-refractivity contribution < 1.29 is 4.79 Å². The highest BCUT2D eigenvalue weighted by molar-refractivity contribution is 6.35. The maximum absolute atomic E-state index is 12.4. The maximum Gasteiger partial charge on any atom is 0.239 e. The molecule has 29 heavy (non-hydrogen) atoms. The highest BCUT2D eigenvalue weighted by Crippen LogP contribution is 2.22. The van der Waals surface area contributed by atoms with Crippen molar-refractivity contribution >= 4 is 40.6 Å². The molecule has 1 amide bonds. The third kappa shape index (κ3) is 8.03. The zero-order chi connectivity index (χ0) is 21.4. The molecule has 0 aromatic heterocycles. The summed E-state index contributed by atoms with van der Waals surface area (Å²) < 4.78 is 0. The van der Waals surface area contributed by atoms with Gasteiger partial charge in [-0.2, -0.15) is 0 Å². The molecule has 0 unspecified atom stereocenters. The van der Waals surface area contributed by atoms with Gasteiger partial charge in [0.15, 0.2) is 0 Å². The van der Waals surface area contributed by atoms with E-state index in [1.165, 1.54) is 0 Å². The molecular weight excluding hydrogens is 411 g/mol. The molecular formula is C20H30Cl2N6O. The first kappa shape index (κ1) is 23.2. The Balaban J connectivity index is 1.88. The number of carbonyl (C=O) groups is 1. The molecule has 0 aliphatic carbocycles.